The summed E-state index contributed by atoms with van der Waals surface area (Å²) in [5.74, 6) is 0. The fraction of sp³-hybridized carbons (Fsp3) is 1.00. The summed E-state index contributed by atoms with van der Waals surface area (Å²) in [6, 6.07) is 0. The molecule has 0 saturated carbocycles. The van der Waals surface area contributed by atoms with E-state index in [0.29, 0.717) is 0 Å². The second-order valence-electron chi connectivity index (χ2n) is 8.70. The van der Waals surface area contributed by atoms with Crippen LogP contribution in [0.15, 0.2) is 0 Å². The van der Waals surface area contributed by atoms with E-state index in [-0.39, 0.29) is 4.87 Å². The van der Waals surface area contributed by atoms with Gasteiger partial charge < -0.3 is 0 Å². The second kappa shape index (κ2) is 20.0. The maximum atomic E-state index is 7.16. The van der Waals surface area contributed by atoms with Crippen LogP contribution in [0.3, 0.4) is 0 Å². The fourth-order valence-electron chi connectivity index (χ4n) is 4.04. The molecule has 26 heavy (non-hydrogen) atoms. The zero-order valence-corrected chi connectivity index (χ0v) is 19.5. The summed E-state index contributed by atoms with van der Waals surface area (Å²) < 4.78 is 0. The molecular weight excluding hydrogens is 336 g/mol. The van der Waals surface area contributed by atoms with E-state index in [1.54, 1.807) is 0 Å². The third-order valence-electron chi connectivity index (χ3n) is 5.94. The van der Waals surface area contributed by atoms with E-state index in [9.17, 15) is 0 Å². The number of hydrogen-bond acceptors (Lipinski definition) is 0. The minimum atomic E-state index is 0.111. The van der Waals surface area contributed by atoms with Crippen LogP contribution in [0.4, 0.5) is 0 Å². The Morgan fingerprint density at radius 3 is 0.885 bits per heavy atom. The van der Waals surface area contributed by atoms with Crippen LogP contribution in [0.5, 0.6) is 0 Å². The highest BCUT2D eigenvalue weighted by atomic mass is 35.5. The van der Waals surface area contributed by atoms with Gasteiger partial charge in [-0.25, -0.2) is 0 Å². The molecule has 158 valence electrons. The van der Waals surface area contributed by atoms with Crippen LogP contribution in [0.25, 0.3) is 0 Å². The maximum Gasteiger partial charge on any atom is 0.0446 e. The molecule has 0 heterocycles. The van der Waals surface area contributed by atoms with Crippen molar-refractivity contribution in [3.63, 3.8) is 0 Å². The Kier molecular flexibility index (Phi) is 20.3. The minimum Gasteiger partial charge on any atom is -0.119 e. The summed E-state index contributed by atoms with van der Waals surface area (Å²) in [6.45, 7) is 6.89. The first-order valence-corrected chi connectivity index (χ1v) is 12.7. The van der Waals surface area contributed by atoms with Gasteiger partial charge in [-0.2, -0.15) is 0 Å². The average Bonchev–Trinajstić information content (AvgIpc) is 2.64. The molecule has 0 aliphatic rings. The normalized spacial score (nSPS) is 12.0. The van der Waals surface area contributed by atoms with Gasteiger partial charge in [0.25, 0.3) is 0 Å². The molecule has 1 heteroatoms. The van der Waals surface area contributed by atoms with Gasteiger partial charge in [-0.05, 0) is 19.3 Å². The highest BCUT2D eigenvalue weighted by molar-refractivity contribution is 6.23. The second-order valence-corrected chi connectivity index (χ2v) is 9.51. The Hall–Kier alpha value is 0.290. The van der Waals surface area contributed by atoms with Gasteiger partial charge in [0, 0.05) is 4.87 Å². The number of halogens is 1. The molecule has 0 spiro atoms. The molecule has 0 saturated heterocycles. The highest BCUT2D eigenvalue weighted by Crippen LogP contribution is 2.35. The topological polar surface area (TPSA) is 0 Å². The molecule has 0 aromatic rings. The number of hydrogen-bond donors (Lipinski definition) is 0. The van der Waals surface area contributed by atoms with Gasteiger partial charge in [-0.1, -0.05) is 136 Å². The van der Waals surface area contributed by atoms with Gasteiger partial charge in [0.05, 0.1) is 0 Å². The first-order chi connectivity index (χ1) is 12.7. The SMILES string of the molecule is CCCCCCCCC(Cl)(CCCCCCCC)CCCCCCCC. The monoisotopic (exact) mass is 386 g/mol. The van der Waals surface area contributed by atoms with Crippen molar-refractivity contribution in [1.29, 1.82) is 0 Å². The molecule has 0 aliphatic carbocycles. The molecular formula is C25H51Cl. The van der Waals surface area contributed by atoms with E-state index in [0.717, 1.165) is 0 Å². The molecule has 0 aromatic heterocycles. The van der Waals surface area contributed by atoms with Crippen molar-refractivity contribution < 1.29 is 0 Å². The molecule has 0 aliphatic heterocycles. The van der Waals surface area contributed by atoms with Crippen LogP contribution in [-0.2, 0) is 0 Å². The summed E-state index contributed by atoms with van der Waals surface area (Å²) in [6.07, 6.45) is 28.7. The van der Waals surface area contributed by atoms with Gasteiger partial charge in [-0.3, -0.25) is 0 Å². The van der Waals surface area contributed by atoms with Crippen LogP contribution >= 0.6 is 11.6 Å². The zero-order valence-electron chi connectivity index (χ0n) is 18.7. The lowest BCUT2D eigenvalue weighted by Crippen LogP contribution is -2.21. The smallest absolute Gasteiger partial charge is 0.0446 e. The third-order valence-corrected chi connectivity index (χ3v) is 6.50. The standard InChI is InChI=1S/C25H51Cl/c1-4-7-10-13-16-19-22-25(26,23-20-17-14-11-8-5-2)24-21-18-15-12-9-6-3/h4-24H2,1-3H3. The van der Waals surface area contributed by atoms with Gasteiger partial charge in [0.2, 0.25) is 0 Å². The van der Waals surface area contributed by atoms with Gasteiger partial charge in [0.1, 0.15) is 0 Å². The summed E-state index contributed by atoms with van der Waals surface area (Å²) in [5.41, 5.74) is 0. The molecule has 0 rings (SSSR count). The van der Waals surface area contributed by atoms with Crippen molar-refractivity contribution >= 4 is 11.6 Å². The van der Waals surface area contributed by atoms with E-state index in [1.165, 1.54) is 135 Å². The first-order valence-electron chi connectivity index (χ1n) is 12.4. The fourth-order valence-corrected chi connectivity index (χ4v) is 4.44. The molecule has 0 unspecified atom stereocenters. The molecule has 0 aromatic carbocycles. The van der Waals surface area contributed by atoms with Crippen LogP contribution < -0.4 is 0 Å². The summed E-state index contributed by atoms with van der Waals surface area (Å²) in [5, 5.41) is 0. The Labute approximate surface area is 172 Å². The lowest BCUT2D eigenvalue weighted by Gasteiger charge is -2.27. The number of rotatable bonds is 21. The highest BCUT2D eigenvalue weighted by Gasteiger charge is 2.25. The van der Waals surface area contributed by atoms with Crippen molar-refractivity contribution in [2.75, 3.05) is 0 Å². The van der Waals surface area contributed by atoms with Crippen molar-refractivity contribution in [2.45, 2.75) is 160 Å². The first kappa shape index (κ1) is 26.3. The summed E-state index contributed by atoms with van der Waals surface area (Å²) in [4.78, 5) is 0.111. The van der Waals surface area contributed by atoms with Crippen LogP contribution in [0.1, 0.15) is 156 Å². The molecule has 0 radical (unpaired) electrons. The van der Waals surface area contributed by atoms with Crippen molar-refractivity contribution in [3.05, 3.63) is 0 Å². The van der Waals surface area contributed by atoms with Crippen molar-refractivity contribution in [2.24, 2.45) is 0 Å². The van der Waals surface area contributed by atoms with E-state index in [4.69, 9.17) is 11.6 Å². The molecule has 0 amide bonds. The minimum absolute atomic E-state index is 0.111. The predicted octanol–water partition coefficient (Wildman–Crippen LogP) is 10.2. The molecule has 0 atom stereocenters. The van der Waals surface area contributed by atoms with Crippen LogP contribution in [0, 0.1) is 0 Å². The Morgan fingerprint density at radius 2 is 0.615 bits per heavy atom. The summed E-state index contributed by atoms with van der Waals surface area (Å²) in [7, 11) is 0. The zero-order chi connectivity index (χ0) is 19.3. The number of alkyl halides is 1. The predicted molar refractivity (Wildman–Crippen MR) is 123 cm³/mol. The Balaban J connectivity index is 4.02. The Bertz CT molecular complexity index is 220. The van der Waals surface area contributed by atoms with Crippen molar-refractivity contribution in [3.8, 4) is 0 Å². The average molecular weight is 387 g/mol. The van der Waals surface area contributed by atoms with Gasteiger partial charge in [-0.15, -0.1) is 11.6 Å². The van der Waals surface area contributed by atoms with Crippen LogP contribution in [0.2, 0.25) is 0 Å². The Morgan fingerprint density at radius 1 is 0.385 bits per heavy atom. The van der Waals surface area contributed by atoms with Gasteiger partial charge >= 0.3 is 0 Å². The van der Waals surface area contributed by atoms with E-state index >= 15 is 0 Å². The summed E-state index contributed by atoms with van der Waals surface area (Å²) >= 11 is 7.16. The van der Waals surface area contributed by atoms with E-state index in [1.807, 2.05) is 0 Å². The maximum absolute atomic E-state index is 7.16. The van der Waals surface area contributed by atoms with Gasteiger partial charge in [0.15, 0.2) is 0 Å². The lowest BCUT2D eigenvalue weighted by atomic mass is 9.88. The molecule has 0 fully saturated rings. The van der Waals surface area contributed by atoms with E-state index < -0.39 is 0 Å². The number of unbranched alkanes of at least 4 members (excludes halogenated alkanes) is 15. The van der Waals surface area contributed by atoms with E-state index in [2.05, 4.69) is 20.8 Å². The van der Waals surface area contributed by atoms with Crippen LogP contribution in [-0.4, -0.2) is 4.87 Å². The molecule has 0 bridgehead atoms. The van der Waals surface area contributed by atoms with Crippen molar-refractivity contribution in [1.82, 2.24) is 0 Å². The molecule has 0 N–H and O–H groups in total. The molecule has 0 nitrogen and oxygen atoms in total. The third kappa shape index (κ3) is 17.7. The largest absolute Gasteiger partial charge is 0.119 e. The lowest BCUT2D eigenvalue weighted by molar-refractivity contribution is 0.395. The quantitative estimate of drug-likeness (QED) is 0.136.